The Morgan fingerprint density at radius 2 is 1.97 bits per heavy atom. The molecule has 0 spiro atoms. The minimum Gasteiger partial charge on any atom is -0.451 e. The van der Waals surface area contributed by atoms with Gasteiger partial charge in [-0.3, -0.25) is 14.5 Å². The fourth-order valence-corrected chi connectivity index (χ4v) is 3.28. The first-order valence-electron chi connectivity index (χ1n) is 11.5. The Balaban J connectivity index is 1.51. The summed E-state index contributed by atoms with van der Waals surface area (Å²) >= 11 is 0. The molecule has 11 heteroatoms. The number of pyridine rings is 1. The van der Waals surface area contributed by atoms with E-state index in [2.05, 4.69) is 20.5 Å². The second-order valence-corrected chi connectivity index (χ2v) is 8.84. The van der Waals surface area contributed by atoms with Gasteiger partial charge in [0.15, 0.2) is 5.76 Å². The summed E-state index contributed by atoms with van der Waals surface area (Å²) in [5.41, 5.74) is 1.52. The molecular formula is C25H28N6O5. The van der Waals surface area contributed by atoms with Crippen LogP contribution < -0.4 is 5.32 Å². The first-order chi connectivity index (χ1) is 17.2. The van der Waals surface area contributed by atoms with Crippen LogP contribution >= 0.6 is 0 Å². The monoisotopic (exact) mass is 492 g/mol. The molecule has 0 aliphatic rings. The second kappa shape index (κ2) is 10.6. The van der Waals surface area contributed by atoms with E-state index in [0.717, 1.165) is 4.68 Å². The Bertz CT molecular complexity index is 1330. The Morgan fingerprint density at radius 3 is 2.69 bits per heavy atom. The molecule has 0 unspecified atom stereocenters. The van der Waals surface area contributed by atoms with Crippen molar-refractivity contribution in [3.05, 3.63) is 60.9 Å². The molecule has 4 aromatic heterocycles. The number of nitrogens with one attached hydrogen (secondary N) is 1. The van der Waals surface area contributed by atoms with E-state index in [4.69, 9.17) is 13.9 Å². The van der Waals surface area contributed by atoms with Crippen molar-refractivity contribution in [2.45, 2.75) is 39.8 Å². The third-order valence-corrected chi connectivity index (χ3v) is 4.86. The van der Waals surface area contributed by atoms with Gasteiger partial charge < -0.3 is 19.2 Å². The van der Waals surface area contributed by atoms with Gasteiger partial charge in [-0.1, -0.05) is 6.07 Å². The molecule has 188 valence electrons. The molecule has 0 bridgehead atoms. The molecule has 4 heterocycles. The quantitative estimate of drug-likeness (QED) is 0.357. The summed E-state index contributed by atoms with van der Waals surface area (Å²) in [5.74, 6) is 0.0127. The molecule has 1 amide bonds. The van der Waals surface area contributed by atoms with E-state index in [-0.39, 0.29) is 5.76 Å². The van der Waals surface area contributed by atoms with Crippen LogP contribution in [-0.2, 0) is 16.0 Å². The molecule has 1 N–H and O–H groups in total. The van der Waals surface area contributed by atoms with Gasteiger partial charge in [-0.05, 0) is 52.0 Å². The molecule has 0 aromatic carbocycles. The van der Waals surface area contributed by atoms with Crippen molar-refractivity contribution in [2.24, 2.45) is 0 Å². The van der Waals surface area contributed by atoms with Crippen LogP contribution in [-0.4, -0.2) is 55.4 Å². The van der Waals surface area contributed by atoms with Gasteiger partial charge in [0.1, 0.15) is 17.1 Å². The first kappa shape index (κ1) is 24.9. The normalized spacial score (nSPS) is 11.4. The molecule has 0 saturated carbocycles. The maximum Gasteiger partial charge on any atom is 0.435 e. The van der Waals surface area contributed by atoms with Gasteiger partial charge in [0.2, 0.25) is 0 Å². The zero-order chi connectivity index (χ0) is 25.7. The van der Waals surface area contributed by atoms with Crippen molar-refractivity contribution in [1.82, 2.24) is 24.5 Å². The van der Waals surface area contributed by atoms with Crippen LogP contribution in [0.15, 0.2) is 59.5 Å². The van der Waals surface area contributed by atoms with Gasteiger partial charge in [-0.15, -0.1) is 0 Å². The van der Waals surface area contributed by atoms with Crippen LogP contribution in [0.5, 0.6) is 0 Å². The van der Waals surface area contributed by atoms with Crippen molar-refractivity contribution < 1.29 is 23.5 Å². The maximum absolute atomic E-state index is 13.0. The highest BCUT2D eigenvalue weighted by molar-refractivity contribution is 6.04. The van der Waals surface area contributed by atoms with E-state index >= 15 is 0 Å². The number of ether oxygens (including phenoxy) is 2. The van der Waals surface area contributed by atoms with E-state index < -0.39 is 17.6 Å². The van der Waals surface area contributed by atoms with Crippen molar-refractivity contribution >= 4 is 17.7 Å². The van der Waals surface area contributed by atoms with Gasteiger partial charge in [-0.25, -0.2) is 4.79 Å². The van der Waals surface area contributed by atoms with Crippen molar-refractivity contribution in [1.29, 1.82) is 0 Å². The average Bonchev–Trinajstić information content (AvgIpc) is 3.58. The largest absolute Gasteiger partial charge is 0.451 e. The van der Waals surface area contributed by atoms with E-state index in [1.165, 1.54) is 12.4 Å². The van der Waals surface area contributed by atoms with Crippen molar-refractivity contribution in [2.75, 3.05) is 18.5 Å². The number of amides is 1. The first-order valence-corrected chi connectivity index (χ1v) is 11.5. The Kier molecular flexibility index (Phi) is 7.30. The SMILES string of the molecule is CCOCCn1cc(NC(=O)c2ccc(-c3cnn(C(=O)OC(C)(C)C)c3)o2)c(-c2ccccn2)n1. The minimum absolute atomic E-state index is 0.0871. The lowest BCUT2D eigenvalue weighted by atomic mass is 10.2. The summed E-state index contributed by atoms with van der Waals surface area (Å²) in [4.78, 5) is 29.6. The lowest BCUT2D eigenvalue weighted by molar-refractivity contribution is 0.0514. The summed E-state index contributed by atoms with van der Waals surface area (Å²) in [6.07, 6.45) is 5.73. The van der Waals surface area contributed by atoms with Gasteiger partial charge in [0, 0.05) is 25.2 Å². The molecule has 0 radical (unpaired) electrons. The number of hydrogen-bond donors (Lipinski definition) is 1. The molecule has 4 aromatic rings. The molecule has 0 atom stereocenters. The fourth-order valence-electron chi connectivity index (χ4n) is 3.28. The summed E-state index contributed by atoms with van der Waals surface area (Å²) in [6.45, 7) is 8.86. The van der Waals surface area contributed by atoms with Crippen LogP contribution in [0.4, 0.5) is 10.5 Å². The summed E-state index contributed by atoms with van der Waals surface area (Å²) in [6, 6.07) is 8.66. The molecule has 36 heavy (non-hydrogen) atoms. The lowest BCUT2D eigenvalue weighted by Crippen LogP contribution is -2.27. The Labute approximate surface area is 208 Å². The number of furan rings is 1. The van der Waals surface area contributed by atoms with Crippen molar-refractivity contribution in [3.63, 3.8) is 0 Å². The van der Waals surface area contributed by atoms with Gasteiger partial charge >= 0.3 is 6.09 Å². The van der Waals surface area contributed by atoms with E-state index in [1.807, 2.05) is 25.1 Å². The lowest BCUT2D eigenvalue weighted by Gasteiger charge is -2.18. The fraction of sp³-hybridized carbons (Fsp3) is 0.320. The van der Waals surface area contributed by atoms with E-state index in [1.54, 1.807) is 50.0 Å². The number of rotatable bonds is 8. The highest BCUT2D eigenvalue weighted by Gasteiger charge is 2.21. The number of anilines is 1. The number of nitrogens with zero attached hydrogens (tertiary/aromatic N) is 5. The Morgan fingerprint density at radius 1 is 1.14 bits per heavy atom. The van der Waals surface area contributed by atoms with Gasteiger partial charge in [0.25, 0.3) is 5.91 Å². The van der Waals surface area contributed by atoms with E-state index in [9.17, 15) is 9.59 Å². The summed E-state index contributed by atoms with van der Waals surface area (Å²) in [5, 5.41) is 11.5. The van der Waals surface area contributed by atoms with Gasteiger partial charge in [0.05, 0.1) is 36.3 Å². The Hall–Kier alpha value is -4.25. The molecular weight excluding hydrogens is 464 g/mol. The zero-order valence-electron chi connectivity index (χ0n) is 20.6. The highest BCUT2D eigenvalue weighted by atomic mass is 16.6. The standard InChI is InChI=1S/C25H28N6O5/c1-5-34-13-12-30-16-19(22(29-30)18-8-6-7-11-26-18)28-23(32)21-10-9-20(35-21)17-14-27-31(15-17)24(33)36-25(2,3)4/h6-11,14-16H,5,12-13H2,1-4H3,(H,28,32). The van der Waals surface area contributed by atoms with Crippen molar-refractivity contribution in [3.8, 4) is 22.7 Å². The molecule has 0 fully saturated rings. The molecule has 11 nitrogen and oxygen atoms in total. The van der Waals surface area contributed by atoms with Gasteiger partial charge in [-0.2, -0.15) is 14.9 Å². The van der Waals surface area contributed by atoms with Crippen LogP contribution in [0.3, 0.4) is 0 Å². The third kappa shape index (κ3) is 6.05. The number of carbonyl (C=O) groups is 2. The maximum atomic E-state index is 13.0. The highest BCUT2D eigenvalue weighted by Crippen LogP contribution is 2.27. The smallest absolute Gasteiger partial charge is 0.435 e. The topological polar surface area (TPSA) is 126 Å². The summed E-state index contributed by atoms with van der Waals surface area (Å²) < 4.78 is 19.3. The predicted molar refractivity (Wildman–Crippen MR) is 131 cm³/mol. The van der Waals surface area contributed by atoms with Crippen LogP contribution in [0.1, 0.15) is 38.2 Å². The molecule has 0 aliphatic carbocycles. The third-order valence-electron chi connectivity index (χ3n) is 4.86. The number of carbonyl (C=O) groups excluding carboxylic acids is 2. The number of hydrogen-bond acceptors (Lipinski definition) is 8. The second-order valence-electron chi connectivity index (χ2n) is 8.84. The zero-order valence-corrected chi connectivity index (χ0v) is 20.6. The van der Waals surface area contributed by atoms with Crippen LogP contribution in [0, 0.1) is 0 Å². The molecule has 0 saturated heterocycles. The summed E-state index contributed by atoms with van der Waals surface area (Å²) in [7, 11) is 0. The van der Waals surface area contributed by atoms with E-state index in [0.29, 0.717) is 48.2 Å². The van der Waals surface area contributed by atoms with Crippen LogP contribution in [0.2, 0.25) is 0 Å². The predicted octanol–water partition coefficient (Wildman–Crippen LogP) is 4.47. The average molecular weight is 493 g/mol. The number of aromatic nitrogens is 5. The molecule has 0 aliphatic heterocycles. The molecule has 4 rings (SSSR count). The van der Waals surface area contributed by atoms with Crippen LogP contribution in [0.25, 0.3) is 22.7 Å². The minimum atomic E-state index is -0.649.